The van der Waals surface area contributed by atoms with Crippen LogP contribution in [0, 0.1) is 19.7 Å². The topological polar surface area (TPSA) is 60.2 Å². The third-order valence-corrected chi connectivity index (χ3v) is 3.53. The van der Waals surface area contributed by atoms with Gasteiger partial charge in [-0.05, 0) is 43.5 Å². The van der Waals surface area contributed by atoms with Gasteiger partial charge < -0.3 is 4.74 Å². The number of aryl methyl sites for hydroxylation is 2. The summed E-state index contributed by atoms with van der Waals surface area (Å²) < 4.78 is 19.2. The Kier molecular flexibility index (Phi) is 4.88. The normalized spacial score (nSPS) is 12.2. The monoisotopic (exact) mass is 289 g/mol. The molecular weight excluding hydrogens is 269 g/mol. The van der Waals surface area contributed by atoms with Crippen LogP contribution < -0.4 is 16.0 Å². The lowest BCUT2D eigenvalue weighted by atomic mass is 9.97. The molecule has 1 heterocycles. The smallest absolute Gasteiger partial charge is 0.168 e. The second-order valence-corrected chi connectivity index (χ2v) is 4.98. The number of nitrogens with zero attached hydrogens (tertiary/aromatic N) is 1. The van der Waals surface area contributed by atoms with Crippen molar-refractivity contribution >= 4 is 0 Å². The van der Waals surface area contributed by atoms with Gasteiger partial charge in [0.15, 0.2) is 11.6 Å². The van der Waals surface area contributed by atoms with Gasteiger partial charge >= 0.3 is 0 Å². The molecule has 21 heavy (non-hydrogen) atoms. The summed E-state index contributed by atoms with van der Waals surface area (Å²) in [6.07, 6.45) is 0.422. The second kappa shape index (κ2) is 6.65. The van der Waals surface area contributed by atoms with Gasteiger partial charge in [0.2, 0.25) is 0 Å². The van der Waals surface area contributed by atoms with E-state index in [0.29, 0.717) is 12.0 Å². The van der Waals surface area contributed by atoms with Crippen LogP contribution in [0.4, 0.5) is 4.39 Å². The summed E-state index contributed by atoms with van der Waals surface area (Å²) in [6, 6.07) is 8.79. The average molecular weight is 289 g/mol. The lowest BCUT2D eigenvalue weighted by Gasteiger charge is -2.19. The maximum atomic E-state index is 14.2. The zero-order valence-corrected chi connectivity index (χ0v) is 12.5. The van der Waals surface area contributed by atoms with Crippen LogP contribution in [0.3, 0.4) is 0 Å². The molecule has 1 aromatic carbocycles. The molecule has 112 valence electrons. The largest absolute Gasteiger partial charge is 0.494 e. The highest BCUT2D eigenvalue weighted by Gasteiger charge is 2.17. The number of hydrazine groups is 1. The number of aromatic nitrogens is 1. The van der Waals surface area contributed by atoms with Crippen molar-refractivity contribution < 1.29 is 9.13 Å². The fourth-order valence-electron chi connectivity index (χ4n) is 2.42. The van der Waals surface area contributed by atoms with E-state index in [4.69, 9.17) is 10.6 Å². The predicted molar refractivity (Wildman–Crippen MR) is 80.4 cm³/mol. The van der Waals surface area contributed by atoms with Gasteiger partial charge in [0.05, 0.1) is 13.2 Å². The lowest BCUT2D eigenvalue weighted by molar-refractivity contribution is 0.382. The van der Waals surface area contributed by atoms with Gasteiger partial charge in [-0.1, -0.05) is 18.2 Å². The molecule has 0 bridgehead atoms. The number of pyridine rings is 1. The number of hydrogen-bond acceptors (Lipinski definition) is 4. The van der Waals surface area contributed by atoms with Crippen LogP contribution in [-0.2, 0) is 6.42 Å². The van der Waals surface area contributed by atoms with E-state index in [9.17, 15) is 4.39 Å². The van der Waals surface area contributed by atoms with Gasteiger partial charge in [0.1, 0.15) is 0 Å². The van der Waals surface area contributed by atoms with Gasteiger partial charge in [0, 0.05) is 11.4 Å². The standard InChI is InChI=1S/C16H20FN3O/c1-10-7-8-13(11(2)19-10)14(20-18)9-12-5-4-6-15(21-3)16(12)17/h4-8,14,20H,9,18H2,1-3H3. The molecule has 0 aliphatic heterocycles. The number of ether oxygens (including phenoxy) is 1. The summed E-state index contributed by atoms with van der Waals surface area (Å²) in [7, 11) is 1.45. The zero-order chi connectivity index (χ0) is 15.4. The van der Waals surface area contributed by atoms with E-state index < -0.39 is 0 Å². The highest BCUT2D eigenvalue weighted by atomic mass is 19.1. The molecule has 0 aliphatic rings. The first-order valence-corrected chi connectivity index (χ1v) is 6.78. The Bertz CT molecular complexity index is 631. The minimum absolute atomic E-state index is 0.209. The summed E-state index contributed by atoms with van der Waals surface area (Å²) in [5.74, 6) is 5.54. The fourth-order valence-corrected chi connectivity index (χ4v) is 2.42. The highest BCUT2D eigenvalue weighted by molar-refractivity contribution is 5.33. The van der Waals surface area contributed by atoms with Crippen LogP contribution in [0.2, 0.25) is 0 Å². The Morgan fingerprint density at radius 2 is 2.05 bits per heavy atom. The third-order valence-electron chi connectivity index (χ3n) is 3.53. The molecule has 4 nitrogen and oxygen atoms in total. The molecule has 0 saturated carbocycles. The molecule has 2 rings (SSSR count). The van der Waals surface area contributed by atoms with Crippen molar-refractivity contribution in [1.82, 2.24) is 10.4 Å². The van der Waals surface area contributed by atoms with E-state index in [2.05, 4.69) is 10.4 Å². The minimum atomic E-state index is -0.349. The molecule has 1 atom stereocenters. The molecule has 0 aliphatic carbocycles. The molecule has 0 saturated heterocycles. The van der Waals surface area contributed by atoms with E-state index in [0.717, 1.165) is 17.0 Å². The summed E-state index contributed by atoms with van der Waals surface area (Å²) in [5.41, 5.74) is 6.09. The maximum absolute atomic E-state index is 14.2. The SMILES string of the molecule is COc1cccc(CC(NN)c2ccc(C)nc2C)c1F. The number of hydrogen-bond donors (Lipinski definition) is 2. The summed E-state index contributed by atoms with van der Waals surface area (Å²) in [6.45, 7) is 3.86. The first kappa shape index (κ1) is 15.4. The lowest BCUT2D eigenvalue weighted by Crippen LogP contribution is -2.30. The van der Waals surface area contributed by atoms with Crippen LogP contribution in [0.5, 0.6) is 5.75 Å². The maximum Gasteiger partial charge on any atom is 0.168 e. The summed E-state index contributed by atoms with van der Waals surface area (Å²) in [5, 5.41) is 0. The van der Waals surface area contributed by atoms with E-state index >= 15 is 0 Å². The van der Waals surface area contributed by atoms with E-state index in [1.54, 1.807) is 18.2 Å². The van der Waals surface area contributed by atoms with Crippen LogP contribution in [0.15, 0.2) is 30.3 Å². The van der Waals surface area contributed by atoms with E-state index in [-0.39, 0.29) is 17.6 Å². The molecule has 1 unspecified atom stereocenters. The van der Waals surface area contributed by atoms with Crippen LogP contribution in [-0.4, -0.2) is 12.1 Å². The zero-order valence-electron chi connectivity index (χ0n) is 12.5. The number of benzene rings is 1. The van der Waals surface area contributed by atoms with Gasteiger partial charge in [-0.2, -0.15) is 0 Å². The average Bonchev–Trinajstić information content (AvgIpc) is 2.47. The quantitative estimate of drug-likeness (QED) is 0.656. The molecule has 2 aromatic rings. The Balaban J connectivity index is 2.31. The van der Waals surface area contributed by atoms with Crippen molar-refractivity contribution in [2.75, 3.05) is 7.11 Å². The number of halogens is 1. The predicted octanol–water partition coefficient (Wildman–Crippen LogP) is 2.59. The molecule has 0 amide bonds. The number of nitrogens with two attached hydrogens (primary N) is 1. The second-order valence-electron chi connectivity index (χ2n) is 4.98. The molecule has 1 aromatic heterocycles. The van der Waals surface area contributed by atoms with Crippen molar-refractivity contribution in [2.45, 2.75) is 26.3 Å². The van der Waals surface area contributed by atoms with E-state index in [1.165, 1.54) is 7.11 Å². The van der Waals surface area contributed by atoms with Crippen molar-refractivity contribution in [3.63, 3.8) is 0 Å². The first-order valence-electron chi connectivity index (χ1n) is 6.78. The Morgan fingerprint density at radius 1 is 1.29 bits per heavy atom. The summed E-state index contributed by atoms with van der Waals surface area (Å²) >= 11 is 0. The van der Waals surface area contributed by atoms with Crippen LogP contribution in [0.25, 0.3) is 0 Å². The highest BCUT2D eigenvalue weighted by Crippen LogP contribution is 2.26. The van der Waals surface area contributed by atoms with Crippen molar-refractivity contribution in [3.05, 3.63) is 58.7 Å². The molecule has 5 heteroatoms. The summed E-state index contributed by atoms with van der Waals surface area (Å²) in [4.78, 5) is 4.43. The number of methoxy groups -OCH3 is 1. The van der Waals surface area contributed by atoms with Gasteiger partial charge in [-0.15, -0.1) is 0 Å². The van der Waals surface area contributed by atoms with E-state index in [1.807, 2.05) is 26.0 Å². The molecule has 0 radical (unpaired) electrons. The van der Waals surface area contributed by atoms with Gasteiger partial charge in [0.25, 0.3) is 0 Å². The first-order chi connectivity index (χ1) is 10.1. The third kappa shape index (κ3) is 3.37. The molecule has 3 N–H and O–H groups in total. The van der Waals surface area contributed by atoms with Crippen molar-refractivity contribution in [3.8, 4) is 5.75 Å². The van der Waals surface area contributed by atoms with Crippen LogP contribution >= 0.6 is 0 Å². The molecule has 0 fully saturated rings. The Morgan fingerprint density at radius 3 is 2.67 bits per heavy atom. The number of nitrogens with one attached hydrogen (secondary N) is 1. The molecular formula is C16H20FN3O. The van der Waals surface area contributed by atoms with Gasteiger partial charge in [-0.3, -0.25) is 16.3 Å². The molecule has 0 spiro atoms. The Labute approximate surface area is 124 Å². The number of rotatable bonds is 5. The van der Waals surface area contributed by atoms with Crippen LogP contribution in [0.1, 0.15) is 28.6 Å². The minimum Gasteiger partial charge on any atom is -0.494 e. The van der Waals surface area contributed by atoms with Crippen molar-refractivity contribution in [1.29, 1.82) is 0 Å². The van der Waals surface area contributed by atoms with Crippen molar-refractivity contribution in [2.24, 2.45) is 5.84 Å². The fraction of sp³-hybridized carbons (Fsp3) is 0.312. The van der Waals surface area contributed by atoms with Gasteiger partial charge in [-0.25, -0.2) is 4.39 Å². The Hall–Kier alpha value is -1.98.